The molecule has 0 atom stereocenters. The van der Waals surface area contributed by atoms with E-state index in [0.717, 1.165) is 21.8 Å². The third-order valence-corrected chi connectivity index (χ3v) is 4.53. The van der Waals surface area contributed by atoms with Gasteiger partial charge in [-0.05, 0) is 31.2 Å². The molecule has 0 unspecified atom stereocenters. The molecule has 0 spiro atoms. The molecule has 0 fully saturated rings. The van der Waals surface area contributed by atoms with E-state index in [1.807, 2.05) is 61.5 Å². The molecule has 28 heavy (non-hydrogen) atoms. The van der Waals surface area contributed by atoms with Crippen molar-refractivity contribution in [3.8, 4) is 5.75 Å². The van der Waals surface area contributed by atoms with E-state index in [2.05, 4.69) is 10.3 Å². The highest BCUT2D eigenvalue weighted by atomic mass is 16.5. The van der Waals surface area contributed by atoms with Crippen LogP contribution in [0.2, 0.25) is 0 Å². The van der Waals surface area contributed by atoms with Gasteiger partial charge in [-0.15, -0.1) is 0 Å². The van der Waals surface area contributed by atoms with E-state index in [1.54, 1.807) is 10.8 Å². The maximum Gasteiger partial charge on any atom is 0.262 e. The number of anilines is 1. The Kier molecular flexibility index (Phi) is 4.76. The van der Waals surface area contributed by atoms with Crippen molar-refractivity contribution in [1.29, 1.82) is 0 Å². The van der Waals surface area contributed by atoms with Crippen molar-refractivity contribution in [2.45, 2.75) is 13.5 Å². The number of hydrogen-bond acceptors (Lipinski definition) is 4. The predicted molar refractivity (Wildman–Crippen MR) is 110 cm³/mol. The zero-order valence-corrected chi connectivity index (χ0v) is 15.4. The van der Waals surface area contributed by atoms with Crippen molar-refractivity contribution in [3.05, 3.63) is 77.2 Å². The summed E-state index contributed by atoms with van der Waals surface area (Å²) in [5.41, 5.74) is 2.08. The number of rotatable bonds is 5. The molecule has 2 heterocycles. The van der Waals surface area contributed by atoms with Crippen LogP contribution in [-0.2, 0) is 11.3 Å². The highest BCUT2D eigenvalue weighted by Crippen LogP contribution is 2.23. The topological polar surface area (TPSA) is 73.2 Å². The Balaban J connectivity index is 1.52. The van der Waals surface area contributed by atoms with E-state index in [1.165, 1.54) is 6.07 Å². The second-order valence-corrected chi connectivity index (χ2v) is 6.36. The third-order valence-electron chi connectivity index (χ3n) is 4.53. The summed E-state index contributed by atoms with van der Waals surface area (Å²) in [6, 6.07) is 18.5. The van der Waals surface area contributed by atoms with Gasteiger partial charge in [0, 0.05) is 23.4 Å². The first kappa shape index (κ1) is 17.7. The normalized spacial score (nSPS) is 10.9. The van der Waals surface area contributed by atoms with E-state index >= 15 is 0 Å². The van der Waals surface area contributed by atoms with Crippen molar-refractivity contribution >= 4 is 33.4 Å². The first-order valence-electron chi connectivity index (χ1n) is 9.06. The summed E-state index contributed by atoms with van der Waals surface area (Å²) in [6.45, 7) is 2.28. The molecule has 6 nitrogen and oxygen atoms in total. The number of aryl methyl sites for hydroxylation is 1. The lowest BCUT2D eigenvalue weighted by Crippen LogP contribution is -2.23. The van der Waals surface area contributed by atoms with Gasteiger partial charge in [0.1, 0.15) is 5.75 Å². The Morgan fingerprint density at radius 3 is 2.75 bits per heavy atom. The van der Waals surface area contributed by atoms with E-state index in [9.17, 15) is 9.59 Å². The van der Waals surface area contributed by atoms with Gasteiger partial charge >= 0.3 is 0 Å². The van der Waals surface area contributed by atoms with E-state index in [0.29, 0.717) is 18.0 Å². The van der Waals surface area contributed by atoms with Gasteiger partial charge in [0.2, 0.25) is 0 Å². The minimum absolute atomic E-state index is 0.157. The molecular weight excluding hydrogens is 354 g/mol. The molecule has 1 N–H and O–H groups in total. The Morgan fingerprint density at radius 2 is 1.89 bits per heavy atom. The number of benzene rings is 2. The number of amides is 1. The summed E-state index contributed by atoms with van der Waals surface area (Å²) >= 11 is 0. The maximum atomic E-state index is 12.3. The van der Waals surface area contributed by atoms with Gasteiger partial charge < -0.3 is 14.6 Å². The first-order chi connectivity index (χ1) is 13.7. The second-order valence-electron chi connectivity index (χ2n) is 6.36. The Labute approximate surface area is 161 Å². The number of nitrogens with one attached hydrogen (secondary N) is 1. The molecule has 0 aliphatic rings. The molecule has 1 amide bonds. The van der Waals surface area contributed by atoms with Gasteiger partial charge in [0.15, 0.2) is 6.61 Å². The van der Waals surface area contributed by atoms with Crippen LogP contribution in [0.1, 0.15) is 6.92 Å². The van der Waals surface area contributed by atoms with Crippen LogP contribution in [-0.4, -0.2) is 22.1 Å². The van der Waals surface area contributed by atoms with Gasteiger partial charge in [-0.1, -0.05) is 30.3 Å². The standard InChI is InChI=1S/C22H19N3O3/c1-2-25-19-10-6-4-8-17(19)20(12-22(25)27)28-14-21(26)24-16-11-15-7-3-5-9-18(15)23-13-16/h3-13H,2,14H2,1H3,(H,24,26). The lowest BCUT2D eigenvalue weighted by molar-refractivity contribution is -0.118. The zero-order chi connectivity index (χ0) is 19.5. The molecule has 4 aromatic rings. The highest BCUT2D eigenvalue weighted by molar-refractivity contribution is 5.94. The SMILES string of the molecule is CCn1c(=O)cc(OCC(=O)Nc2cnc3ccccc3c2)c2ccccc21. The zero-order valence-electron chi connectivity index (χ0n) is 15.4. The summed E-state index contributed by atoms with van der Waals surface area (Å²) in [6.07, 6.45) is 1.61. The highest BCUT2D eigenvalue weighted by Gasteiger charge is 2.11. The van der Waals surface area contributed by atoms with Gasteiger partial charge in [-0.25, -0.2) is 0 Å². The number of ether oxygens (including phenoxy) is 1. The largest absolute Gasteiger partial charge is 0.483 e. The molecule has 6 heteroatoms. The van der Waals surface area contributed by atoms with Crippen molar-refractivity contribution in [2.75, 3.05) is 11.9 Å². The fourth-order valence-electron chi connectivity index (χ4n) is 3.23. The van der Waals surface area contributed by atoms with Crippen LogP contribution >= 0.6 is 0 Å². The number of nitrogens with zero attached hydrogens (tertiary/aromatic N) is 2. The molecule has 140 valence electrons. The number of fused-ring (bicyclic) bond motifs is 2. The molecule has 0 bridgehead atoms. The number of hydrogen-bond donors (Lipinski definition) is 1. The number of pyridine rings is 2. The first-order valence-corrected chi connectivity index (χ1v) is 9.06. The maximum absolute atomic E-state index is 12.3. The summed E-state index contributed by atoms with van der Waals surface area (Å²) in [5, 5.41) is 4.52. The molecule has 0 aliphatic carbocycles. The molecule has 2 aromatic carbocycles. The molecule has 0 aliphatic heterocycles. The van der Waals surface area contributed by atoms with Gasteiger partial charge in [0.25, 0.3) is 11.5 Å². The number of carbonyl (C=O) groups excluding carboxylic acids is 1. The lowest BCUT2D eigenvalue weighted by Gasteiger charge is -2.13. The second kappa shape index (κ2) is 7.52. The van der Waals surface area contributed by atoms with Crippen LogP contribution in [0.25, 0.3) is 21.8 Å². The van der Waals surface area contributed by atoms with Crippen LogP contribution in [0.3, 0.4) is 0 Å². The Morgan fingerprint density at radius 1 is 1.11 bits per heavy atom. The van der Waals surface area contributed by atoms with E-state index < -0.39 is 0 Å². The molecular formula is C22H19N3O3. The summed E-state index contributed by atoms with van der Waals surface area (Å²) < 4.78 is 7.34. The van der Waals surface area contributed by atoms with Crippen LogP contribution in [0, 0.1) is 0 Å². The van der Waals surface area contributed by atoms with Crippen molar-refractivity contribution < 1.29 is 9.53 Å². The van der Waals surface area contributed by atoms with Crippen LogP contribution in [0.5, 0.6) is 5.75 Å². The Hall–Kier alpha value is -3.67. The third kappa shape index (κ3) is 3.44. The number of aromatic nitrogens is 2. The average Bonchev–Trinajstić information content (AvgIpc) is 2.72. The van der Waals surface area contributed by atoms with E-state index in [4.69, 9.17) is 4.74 Å². The van der Waals surface area contributed by atoms with Gasteiger partial charge in [-0.3, -0.25) is 14.6 Å². The smallest absolute Gasteiger partial charge is 0.262 e. The fraction of sp³-hybridized carbons (Fsp3) is 0.136. The Bertz CT molecular complexity index is 1230. The van der Waals surface area contributed by atoms with Crippen molar-refractivity contribution in [3.63, 3.8) is 0 Å². The molecule has 0 saturated carbocycles. The van der Waals surface area contributed by atoms with Gasteiger partial charge in [0.05, 0.1) is 22.9 Å². The van der Waals surface area contributed by atoms with Gasteiger partial charge in [-0.2, -0.15) is 0 Å². The van der Waals surface area contributed by atoms with Crippen LogP contribution in [0.15, 0.2) is 71.7 Å². The average molecular weight is 373 g/mol. The predicted octanol–water partition coefficient (Wildman–Crippen LogP) is 3.59. The van der Waals surface area contributed by atoms with E-state index in [-0.39, 0.29) is 18.1 Å². The minimum atomic E-state index is -0.319. The van der Waals surface area contributed by atoms with Crippen LogP contribution < -0.4 is 15.6 Å². The molecule has 4 rings (SSSR count). The van der Waals surface area contributed by atoms with Crippen molar-refractivity contribution in [1.82, 2.24) is 9.55 Å². The number of carbonyl (C=O) groups is 1. The van der Waals surface area contributed by atoms with Crippen molar-refractivity contribution in [2.24, 2.45) is 0 Å². The lowest BCUT2D eigenvalue weighted by atomic mass is 10.2. The summed E-state index contributed by atoms with van der Waals surface area (Å²) in [4.78, 5) is 29.0. The quantitative estimate of drug-likeness (QED) is 0.580. The molecule has 0 saturated heterocycles. The monoisotopic (exact) mass is 373 g/mol. The molecule has 2 aromatic heterocycles. The summed E-state index contributed by atoms with van der Waals surface area (Å²) in [5.74, 6) is 0.0814. The number of para-hydroxylation sites is 2. The minimum Gasteiger partial charge on any atom is -0.483 e. The fourth-order valence-corrected chi connectivity index (χ4v) is 3.23. The summed E-state index contributed by atoms with van der Waals surface area (Å²) in [7, 11) is 0. The van der Waals surface area contributed by atoms with Crippen LogP contribution in [0.4, 0.5) is 5.69 Å². The molecule has 0 radical (unpaired) electrons.